The highest BCUT2D eigenvalue weighted by molar-refractivity contribution is 6.55. The van der Waals surface area contributed by atoms with Crippen LogP contribution in [0.2, 0.25) is 0 Å². The van der Waals surface area contributed by atoms with Gasteiger partial charge in [0.1, 0.15) is 11.5 Å². The summed E-state index contributed by atoms with van der Waals surface area (Å²) in [7, 11) is 2.61. The van der Waals surface area contributed by atoms with Crippen molar-refractivity contribution in [2.24, 2.45) is 0 Å². The van der Waals surface area contributed by atoms with Crippen molar-refractivity contribution < 1.29 is 23.9 Å². The van der Waals surface area contributed by atoms with Crippen LogP contribution in [0.4, 0.5) is 0 Å². The van der Waals surface area contributed by atoms with Gasteiger partial charge in [0.15, 0.2) is 0 Å². The van der Waals surface area contributed by atoms with E-state index in [2.05, 4.69) is 0 Å². The molecule has 1 fully saturated rings. The highest BCUT2D eigenvalue weighted by Crippen LogP contribution is 2.39. The Labute approximate surface area is 138 Å². The van der Waals surface area contributed by atoms with Gasteiger partial charge in [-0.1, -0.05) is 6.08 Å². The molecular weight excluding hydrogens is 295 g/mol. The van der Waals surface area contributed by atoms with E-state index < -0.39 is 18.3 Å². The molecule has 5 nitrogen and oxygen atoms in total. The zero-order valence-corrected chi connectivity index (χ0v) is 14.7. The van der Waals surface area contributed by atoms with Gasteiger partial charge in [0.05, 0.1) is 32.0 Å². The second kappa shape index (κ2) is 6.55. The fourth-order valence-electron chi connectivity index (χ4n) is 2.33. The van der Waals surface area contributed by atoms with E-state index in [-0.39, 0.29) is 6.61 Å². The lowest BCUT2D eigenvalue weighted by Gasteiger charge is -2.32. The molecule has 0 spiro atoms. The molecule has 126 valence electrons. The summed E-state index contributed by atoms with van der Waals surface area (Å²) < 4.78 is 22.6. The molecule has 0 unspecified atom stereocenters. The van der Waals surface area contributed by atoms with Crippen LogP contribution in [0, 0.1) is 0 Å². The number of aliphatic hydroxyl groups is 1. The normalized spacial score (nSPS) is 19.8. The predicted molar refractivity (Wildman–Crippen MR) is 90.7 cm³/mol. The maximum absolute atomic E-state index is 9.78. The first-order valence-corrected chi connectivity index (χ1v) is 7.63. The van der Waals surface area contributed by atoms with Crippen LogP contribution in [0.5, 0.6) is 11.5 Å². The molecule has 0 radical (unpaired) electrons. The Hall–Kier alpha value is -1.50. The minimum atomic E-state index is -0.596. The van der Waals surface area contributed by atoms with E-state index in [1.807, 2.05) is 52.0 Å². The molecule has 1 heterocycles. The molecule has 0 atom stereocenters. The molecule has 1 aliphatic heterocycles. The Morgan fingerprint density at radius 2 is 1.74 bits per heavy atom. The monoisotopic (exact) mass is 320 g/mol. The summed E-state index contributed by atoms with van der Waals surface area (Å²) in [5.74, 6) is 1.40. The van der Waals surface area contributed by atoms with Crippen LogP contribution < -0.4 is 9.47 Å². The first kappa shape index (κ1) is 17.9. The minimum absolute atomic E-state index is 0.169. The summed E-state index contributed by atoms with van der Waals surface area (Å²) in [6.07, 6.45) is 1.82. The van der Waals surface area contributed by atoms with E-state index in [1.165, 1.54) is 0 Å². The van der Waals surface area contributed by atoms with Crippen molar-refractivity contribution in [2.45, 2.75) is 38.9 Å². The molecule has 0 amide bonds. The Morgan fingerprint density at radius 1 is 1.13 bits per heavy atom. The summed E-state index contributed by atoms with van der Waals surface area (Å²) in [6, 6.07) is 5.49. The van der Waals surface area contributed by atoms with Gasteiger partial charge in [-0.05, 0) is 51.4 Å². The highest BCUT2D eigenvalue weighted by atomic mass is 16.7. The number of hydrogen-bond acceptors (Lipinski definition) is 5. The molecule has 6 heteroatoms. The van der Waals surface area contributed by atoms with E-state index in [0.717, 1.165) is 5.56 Å². The van der Waals surface area contributed by atoms with Gasteiger partial charge in [0.2, 0.25) is 0 Å². The van der Waals surface area contributed by atoms with Gasteiger partial charge in [-0.3, -0.25) is 0 Å². The molecule has 2 rings (SSSR count). The predicted octanol–water partition coefficient (Wildman–Crippen LogP) is 2.71. The van der Waals surface area contributed by atoms with Crippen LogP contribution in [0.3, 0.4) is 0 Å². The number of aliphatic hydroxyl groups excluding tert-OH is 1. The van der Waals surface area contributed by atoms with Crippen molar-refractivity contribution in [1.29, 1.82) is 0 Å². The van der Waals surface area contributed by atoms with Crippen LogP contribution in [-0.2, 0) is 9.31 Å². The summed E-state index contributed by atoms with van der Waals surface area (Å²) in [5, 5.41) is 9.78. The maximum atomic E-state index is 9.78. The Kier molecular flexibility index (Phi) is 5.09. The van der Waals surface area contributed by atoms with Gasteiger partial charge in [0, 0.05) is 5.56 Å². The van der Waals surface area contributed by atoms with Crippen molar-refractivity contribution in [3.05, 3.63) is 29.2 Å². The van der Waals surface area contributed by atoms with Gasteiger partial charge >= 0.3 is 7.12 Å². The largest absolute Gasteiger partial charge is 0.497 e. The van der Waals surface area contributed by atoms with Crippen molar-refractivity contribution >= 4 is 13.2 Å². The summed E-state index contributed by atoms with van der Waals surface area (Å²) in [4.78, 5) is 0. The smallest absolute Gasteiger partial charge is 0.492 e. The Bertz CT molecular complexity index is 579. The second-order valence-corrected chi connectivity index (χ2v) is 6.57. The first-order chi connectivity index (χ1) is 10.7. The van der Waals surface area contributed by atoms with Gasteiger partial charge in [-0.15, -0.1) is 0 Å². The third-order valence-corrected chi connectivity index (χ3v) is 4.52. The second-order valence-electron chi connectivity index (χ2n) is 6.57. The molecule has 1 saturated heterocycles. The Balaban J connectivity index is 2.37. The van der Waals surface area contributed by atoms with Crippen LogP contribution in [0.15, 0.2) is 23.7 Å². The summed E-state index contributed by atoms with van der Waals surface area (Å²) in [6.45, 7) is 7.75. The fourth-order valence-corrected chi connectivity index (χ4v) is 2.33. The van der Waals surface area contributed by atoms with Crippen LogP contribution in [0.25, 0.3) is 6.08 Å². The molecule has 1 N–H and O–H groups in total. The molecule has 0 aliphatic carbocycles. The number of hydrogen-bond donors (Lipinski definition) is 1. The topological polar surface area (TPSA) is 57.2 Å². The standard InChI is InChI=1S/C17H25BO5/c1-16(2)17(3,4)23-18(22-16)13(11-19)9-12-10-14(20-5)7-8-15(12)21-6/h7-10,19H,11H2,1-6H3. The number of methoxy groups -OCH3 is 2. The summed E-state index contributed by atoms with van der Waals surface area (Å²) in [5.41, 5.74) is 0.523. The molecule has 1 aromatic rings. The molecule has 1 aromatic carbocycles. The molecule has 0 saturated carbocycles. The third kappa shape index (κ3) is 3.55. The van der Waals surface area contributed by atoms with Gasteiger partial charge in [0.25, 0.3) is 0 Å². The van der Waals surface area contributed by atoms with E-state index in [1.54, 1.807) is 14.2 Å². The number of rotatable bonds is 5. The number of benzene rings is 1. The fraction of sp³-hybridized carbons (Fsp3) is 0.529. The highest BCUT2D eigenvalue weighted by Gasteiger charge is 2.52. The first-order valence-electron chi connectivity index (χ1n) is 7.63. The van der Waals surface area contributed by atoms with Gasteiger partial charge in [-0.25, -0.2) is 0 Å². The lowest BCUT2D eigenvalue weighted by molar-refractivity contribution is 0.00578. The van der Waals surface area contributed by atoms with Crippen LogP contribution in [0.1, 0.15) is 33.3 Å². The molecule has 0 bridgehead atoms. The van der Waals surface area contributed by atoms with Crippen molar-refractivity contribution in [3.8, 4) is 11.5 Å². The molecule has 0 aromatic heterocycles. The zero-order chi connectivity index (χ0) is 17.3. The van der Waals surface area contributed by atoms with E-state index >= 15 is 0 Å². The third-order valence-electron chi connectivity index (χ3n) is 4.52. The van der Waals surface area contributed by atoms with E-state index in [4.69, 9.17) is 18.8 Å². The SMILES string of the molecule is COc1ccc(OC)c(C=C(CO)B2OC(C)(C)C(C)(C)O2)c1. The lowest BCUT2D eigenvalue weighted by Crippen LogP contribution is -2.41. The molecule has 1 aliphatic rings. The maximum Gasteiger partial charge on any atom is 0.492 e. The average molecular weight is 320 g/mol. The summed E-state index contributed by atoms with van der Waals surface area (Å²) >= 11 is 0. The quantitative estimate of drug-likeness (QED) is 0.846. The minimum Gasteiger partial charge on any atom is -0.497 e. The van der Waals surface area contributed by atoms with Crippen LogP contribution >= 0.6 is 0 Å². The Morgan fingerprint density at radius 3 is 2.22 bits per heavy atom. The van der Waals surface area contributed by atoms with Gasteiger partial charge in [-0.2, -0.15) is 0 Å². The average Bonchev–Trinajstić information content (AvgIpc) is 2.72. The van der Waals surface area contributed by atoms with Gasteiger partial charge < -0.3 is 23.9 Å². The number of ether oxygens (including phenoxy) is 2. The zero-order valence-electron chi connectivity index (χ0n) is 14.7. The van der Waals surface area contributed by atoms with E-state index in [9.17, 15) is 5.11 Å². The van der Waals surface area contributed by atoms with Crippen molar-refractivity contribution in [1.82, 2.24) is 0 Å². The van der Waals surface area contributed by atoms with Crippen molar-refractivity contribution in [3.63, 3.8) is 0 Å². The van der Waals surface area contributed by atoms with Crippen LogP contribution in [-0.4, -0.2) is 44.3 Å². The lowest BCUT2D eigenvalue weighted by atomic mass is 9.77. The molecular formula is C17H25BO5. The van der Waals surface area contributed by atoms with Crippen molar-refractivity contribution in [2.75, 3.05) is 20.8 Å². The molecule has 23 heavy (non-hydrogen) atoms. The van der Waals surface area contributed by atoms with E-state index in [0.29, 0.717) is 17.0 Å².